The van der Waals surface area contributed by atoms with Gasteiger partial charge in [0.25, 0.3) is 0 Å². The first kappa shape index (κ1) is 14.4. The number of nitrogens with one attached hydrogen (secondary N) is 3. The molecule has 0 aromatic heterocycles. The van der Waals surface area contributed by atoms with Crippen molar-refractivity contribution in [3.8, 4) is 0 Å². The van der Waals surface area contributed by atoms with Crippen LogP contribution in [0.15, 0.2) is 12.3 Å². The maximum absolute atomic E-state index is 5.40. The molecule has 15 heavy (non-hydrogen) atoms. The van der Waals surface area contributed by atoms with Crippen molar-refractivity contribution in [1.29, 1.82) is 0 Å². The van der Waals surface area contributed by atoms with Crippen LogP contribution in [-0.4, -0.2) is 27.4 Å². The third kappa shape index (κ3) is 5.77. The van der Waals surface area contributed by atoms with Gasteiger partial charge in [0.2, 0.25) is 0 Å². The molecule has 0 fully saturated rings. The predicted octanol–water partition coefficient (Wildman–Crippen LogP) is 1.22. The van der Waals surface area contributed by atoms with Crippen LogP contribution in [0.5, 0.6) is 0 Å². The van der Waals surface area contributed by atoms with E-state index in [9.17, 15) is 0 Å². The summed E-state index contributed by atoms with van der Waals surface area (Å²) in [5.41, 5.74) is 6.12. The molecule has 0 spiro atoms. The molecular formula is C11H25N3O. The van der Waals surface area contributed by atoms with Crippen LogP contribution in [0, 0.1) is 5.41 Å². The van der Waals surface area contributed by atoms with Crippen LogP contribution in [0.1, 0.15) is 26.7 Å². The van der Waals surface area contributed by atoms with Crippen LogP contribution in [-0.2, 0) is 4.74 Å². The lowest BCUT2D eigenvalue weighted by Gasteiger charge is -2.33. The lowest BCUT2D eigenvalue weighted by atomic mass is 9.86. The van der Waals surface area contributed by atoms with Crippen molar-refractivity contribution in [3.05, 3.63) is 12.3 Å². The average molecular weight is 215 g/mol. The van der Waals surface area contributed by atoms with Gasteiger partial charge >= 0.3 is 0 Å². The van der Waals surface area contributed by atoms with E-state index in [2.05, 4.69) is 36.1 Å². The minimum absolute atomic E-state index is 0.0190. The molecule has 0 radical (unpaired) electrons. The van der Waals surface area contributed by atoms with Crippen molar-refractivity contribution in [2.24, 2.45) is 5.41 Å². The molecule has 0 saturated heterocycles. The fraction of sp³-hybridized carbons (Fsp3) is 0.818. The van der Waals surface area contributed by atoms with E-state index in [0.717, 1.165) is 12.8 Å². The SMILES string of the molecule is CN/C=C\CCC(C)(C)C(NNC)OC. The van der Waals surface area contributed by atoms with Crippen LogP contribution >= 0.6 is 0 Å². The molecule has 0 aliphatic rings. The van der Waals surface area contributed by atoms with Crippen molar-refractivity contribution in [3.63, 3.8) is 0 Å². The van der Waals surface area contributed by atoms with Crippen LogP contribution in [0.3, 0.4) is 0 Å². The topological polar surface area (TPSA) is 45.3 Å². The minimum Gasteiger partial charge on any atom is -0.394 e. The molecule has 0 heterocycles. The lowest BCUT2D eigenvalue weighted by Crippen LogP contribution is -2.48. The summed E-state index contributed by atoms with van der Waals surface area (Å²) in [6, 6.07) is 0. The molecule has 0 aliphatic heterocycles. The number of hydrazine groups is 1. The second-order valence-corrected chi connectivity index (χ2v) is 4.23. The Hall–Kier alpha value is -0.580. The summed E-state index contributed by atoms with van der Waals surface area (Å²) < 4.78 is 5.40. The Kier molecular flexibility index (Phi) is 7.38. The Morgan fingerprint density at radius 1 is 1.33 bits per heavy atom. The number of ether oxygens (including phenoxy) is 1. The summed E-state index contributed by atoms with van der Waals surface area (Å²) >= 11 is 0. The number of hydrogen-bond donors (Lipinski definition) is 3. The lowest BCUT2D eigenvalue weighted by molar-refractivity contribution is -0.0294. The van der Waals surface area contributed by atoms with E-state index in [4.69, 9.17) is 4.74 Å². The number of hydrogen-bond acceptors (Lipinski definition) is 4. The molecule has 0 bridgehead atoms. The van der Waals surface area contributed by atoms with Gasteiger partial charge in [-0.25, -0.2) is 5.43 Å². The molecule has 1 atom stereocenters. The van der Waals surface area contributed by atoms with Crippen molar-refractivity contribution in [2.75, 3.05) is 21.2 Å². The highest BCUT2D eigenvalue weighted by Gasteiger charge is 2.28. The maximum atomic E-state index is 5.40. The van der Waals surface area contributed by atoms with Crippen LogP contribution in [0.25, 0.3) is 0 Å². The minimum atomic E-state index is 0.0190. The third-order valence-corrected chi connectivity index (χ3v) is 2.46. The molecule has 1 unspecified atom stereocenters. The molecule has 0 rings (SSSR count). The van der Waals surface area contributed by atoms with Gasteiger partial charge in [-0.15, -0.1) is 0 Å². The maximum Gasteiger partial charge on any atom is 0.125 e. The quantitative estimate of drug-likeness (QED) is 0.421. The van der Waals surface area contributed by atoms with Crippen LogP contribution < -0.4 is 16.2 Å². The highest BCUT2D eigenvalue weighted by Crippen LogP contribution is 2.27. The third-order valence-electron chi connectivity index (χ3n) is 2.46. The van der Waals surface area contributed by atoms with Crippen LogP contribution in [0.4, 0.5) is 0 Å². The highest BCUT2D eigenvalue weighted by molar-refractivity contribution is 4.83. The smallest absolute Gasteiger partial charge is 0.125 e. The summed E-state index contributed by atoms with van der Waals surface area (Å²) in [5.74, 6) is 0. The van der Waals surface area contributed by atoms with Crippen molar-refractivity contribution in [2.45, 2.75) is 32.9 Å². The van der Waals surface area contributed by atoms with Gasteiger partial charge in [-0.1, -0.05) is 19.9 Å². The van der Waals surface area contributed by atoms with E-state index in [1.807, 2.05) is 20.3 Å². The van der Waals surface area contributed by atoms with Gasteiger partial charge in [-0.2, -0.15) is 0 Å². The van der Waals surface area contributed by atoms with Gasteiger partial charge in [0.1, 0.15) is 6.23 Å². The molecule has 0 amide bonds. The molecule has 4 heteroatoms. The summed E-state index contributed by atoms with van der Waals surface area (Å²) in [6.45, 7) is 4.39. The summed E-state index contributed by atoms with van der Waals surface area (Å²) in [6.07, 6.45) is 6.22. The Labute approximate surface area is 93.4 Å². The van der Waals surface area contributed by atoms with Gasteiger partial charge < -0.3 is 10.1 Å². The van der Waals surface area contributed by atoms with Gasteiger partial charge in [0.15, 0.2) is 0 Å². The highest BCUT2D eigenvalue weighted by atomic mass is 16.5. The van der Waals surface area contributed by atoms with E-state index in [1.54, 1.807) is 7.11 Å². The summed E-state index contributed by atoms with van der Waals surface area (Å²) in [5, 5.41) is 2.98. The fourth-order valence-corrected chi connectivity index (χ4v) is 1.49. The first-order valence-corrected chi connectivity index (χ1v) is 5.36. The second kappa shape index (κ2) is 7.68. The number of methoxy groups -OCH3 is 1. The van der Waals surface area contributed by atoms with E-state index >= 15 is 0 Å². The number of rotatable bonds is 8. The Morgan fingerprint density at radius 3 is 2.47 bits per heavy atom. The summed E-state index contributed by atoms with van der Waals surface area (Å²) in [7, 11) is 5.48. The normalized spacial score (nSPS) is 14.5. The fourth-order valence-electron chi connectivity index (χ4n) is 1.49. The van der Waals surface area contributed by atoms with E-state index in [1.165, 1.54) is 0 Å². The molecule has 4 nitrogen and oxygen atoms in total. The second-order valence-electron chi connectivity index (χ2n) is 4.23. The standard InChI is InChI=1S/C11H25N3O/c1-11(2,8-6-7-9-12-3)10(15-5)14-13-4/h7,9-10,12-14H,6,8H2,1-5H3/b9-7-. The first-order valence-electron chi connectivity index (χ1n) is 5.36. The average Bonchev–Trinajstić information content (AvgIpc) is 2.20. The predicted molar refractivity (Wildman–Crippen MR) is 64.2 cm³/mol. The molecular weight excluding hydrogens is 190 g/mol. The largest absolute Gasteiger partial charge is 0.394 e. The molecule has 3 N–H and O–H groups in total. The van der Waals surface area contributed by atoms with Gasteiger partial charge in [-0.05, 0) is 26.1 Å². The van der Waals surface area contributed by atoms with Gasteiger partial charge in [0.05, 0.1) is 0 Å². The van der Waals surface area contributed by atoms with Crippen molar-refractivity contribution >= 4 is 0 Å². The van der Waals surface area contributed by atoms with E-state index in [-0.39, 0.29) is 11.6 Å². The monoisotopic (exact) mass is 215 g/mol. The number of allylic oxidation sites excluding steroid dienone is 1. The van der Waals surface area contributed by atoms with E-state index in [0.29, 0.717) is 0 Å². The van der Waals surface area contributed by atoms with Crippen molar-refractivity contribution < 1.29 is 4.74 Å². The Bertz CT molecular complexity index is 181. The molecule has 0 saturated carbocycles. The molecule has 90 valence electrons. The Balaban J connectivity index is 4.06. The first-order chi connectivity index (χ1) is 7.08. The van der Waals surface area contributed by atoms with Crippen molar-refractivity contribution in [1.82, 2.24) is 16.2 Å². The van der Waals surface area contributed by atoms with E-state index < -0.39 is 0 Å². The molecule has 0 aromatic rings. The van der Waals surface area contributed by atoms with Gasteiger partial charge in [-0.3, -0.25) is 5.43 Å². The zero-order valence-corrected chi connectivity index (χ0v) is 10.6. The zero-order chi connectivity index (χ0) is 11.7. The zero-order valence-electron chi connectivity index (χ0n) is 10.6. The summed E-state index contributed by atoms with van der Waals surface area (Å²) in [4.78, 5) is 0. The Morgan fingerprint density at radius 2 is 2.00 bits per heavy atom. The molecule has 0 aliphatic carbocycles. The van der Waals surface area contributed by atoms with Crippen LogP contribution in [0.2, 0.25) is 0 Å². The molecule has 0 aromatic carbocycles. The van der Waals surface area contributed by atoms with Gasteiger partial charge in [0, 0.05) is 19.6 Å².